The first-order valence-corrected chi connectivity index (χ1v) is 10.4. The van der Waals surface area contributed by atoms with Crippen molar-refractivity contribution in [3.8, 4) is 6.07 Å². The molecule has 7 heteroatoms. The van der Waals surface area contributed by atoms with E-state index in [4.69, 9.17) is 4.74 Å². The van der Waals surface area contributed by atoms with Gasteiger partial charge in [0.15, 0.2) is 6.61 Å². The van der Waals surface area contributed by atoms with Crippen molar-refractivity contribution in [1.29, 1.82) is 5.26 Å². The van der Waals surface area contributed by atoms with Crippen molar-refractivity contribution < 1.29 is 14.3 Å². The second kappa shape index (κ2) is 10.1. The standard InChI is InChI=1S/C22H15IN2O3S/c23-16-7-5-8-17(12-16)25-21(26)14-28-22(27)18-9-2-4-11-20(18)29-19-10-3-1-6-15(19)13-24/h1-12H,14H2,(H,25,26). The van der Waals surface area contributed by atoms with Crippen LogP contribution >= 0.6 is 34.4 Å². The van der Waals surface area contributed by atoms with Gasteiger partial charge in [-0.05, 0) is 65.1 Å². The molecule has 1 N–H and O–H groups in total. The van der Waals surface area contributed by atoms with Gasteiger partial charge in [-0.2, -0.15) is 5.26 Å². The van der Waals surface area contributed by atoms with Crippen LogP contribution in [-0.4, -0.2) is 18.5 Å². The van der Waals surface area contributed by atoms with Crippen molar-refractivity contribution in [2.24, 2.45) is 0 Å². The summed E-state index contributed by atoms with van der Waals surface area (Å²) in [6.07, 6.45) is 0. The molecule has 3 aromatic rings. The summed E-state index contributed by atoms with van der Waals surface area (Å²) in [5.74, 6) is -1.01. The average Bonchev–Trinajstić information content (AvgIpc) is 2.73. The highest BCUT2D eigenvalue weighted by Gasteiger charge is 2.16. The van der Waals surface area contributed by atoms with Crippen LogP contribution in [0.3, 0.4) is 0 Å². The third-order valence-corrected chi connectivity index (χ3v) is 5.60. The van der Waals surface area contributed by atoms with Crippen LogP contribution in [0.1, 0.15) is 15.9 Å². The molecule has 0 fully saturated rings. The van der Waals surface area contributed by atoms with Gasteiger partial charge in [-0.25, -0.2) is 4.79 Å². The van der Waals surface area contributed by atoms with Crippen LogP contribution in [0.25, 0.3) is 0 Å². The SMILES string of the molecule is N#Cc1ccccc1Sc1ccccc1C(=O)OCC(=O)Nc1cccc(I)c1. The van der Waals surface area contributed by atoms with Gasteiger partial charge in [0.25, 0.3) is 5.91 Å². The number of benzene rings is 3. The molecule has 5 nitrogen and oxygen atoms in total. The molecule has 0 saturated carbocycles. The van der Waals surface area contributed by atoms with Gasteiger partial charge >= 0.3 is 5.97 Å². The second-order valence-corrected chi connectivity index (χ2v) is 8.17. The number of anilines is 1. The van der Waals surface area contributed by atoms with Gasteiger partial charge in [0, 0.05) is 19.0 Å². The summed E-state index contributed by atoms with van der Waals surface area (Å²) in [4.78, 5) is 26.0. The fourth-order valence-corrected chi connectivity index (χ4v) is 4.02. The van der Waals surface area contributed by atoms with Crippen LogP contribution in [0.5, 0.6) is 0 Å². The van der Waals surface area contributed by atoms with Crippen LogP contribution in [0.4, 0.5) is 5.69 Å². The quantitative estimate of drug-likeness (QED) is 0.366. The molecule has 0 radical (unpaired) electrons. The average molecular weight is 514 g/mol. The lowest BCUT2D eigenvalue weighted by Crippen LogP contribution is -2.21. The highest BCUT2D eigenvalue weighted by molar-refractivity contribution is 14.1. The fourth-order valence-electron chi connectivity index (χ4n) is 2.46. The van der Waals surface area contributed by atoms with E-state index >= 15 is 0 Å². The number of rotatable bonds is 6. The minimum absolute atomic E-state index is 0.340. The largest absolute Gasteiger partial charge is 0.452 e. The number of esters is 1. The fraction of sp³-hybridized carbons (Fsp3) is 0.0455. The molecular weight excluding hydrogens is 499 g/mol. The van der Waals surface area contributed by atoms with Gasteiger partial charge in [0.1, 0.15) is 6.07 Å². The first-order valence-electron chi connectivity index (χ1n) is 8.55. The van der Waals surface area contributed by atoms with Crippen LogP contribution in [0, 0.1) is 14.9 Å². The first kappa shape index (κ1) is 20.9. The Balaban J connectivity index is 1.67. The van der Waals surface area contributed by atoms with E-state index < -0.39 is 18.5 Å². The number of carbonyl (C=O) groups excluding carboxylic acids is 2. The van der Waals surface area contributed by atoms with Crippen molar-refractivity contribution in [3.05, 3.63) is 87.5 Å². The van der Waals surface area contributed by atoms with Gasteiger partial charge in [-0.1, -0.05) is 42.1 Å². The lowest BCUT2D eigenvalue weighted by atomic mass is 10.2. The minimum atomic E-state index is -0.597. The van der Waals surface area contributed by atoms with E-state index in [0.717, 1.165) is 8.47 Å². The molecule has 3 aromatic carbocycles. The lowest BCUT2D eigenvalue weighted by molar-refractivity contribution is -0.119. The van der Waals surface area contributed by atoms with Gasteiger partial charge in [-0.15, -0.1) is 0 Å². The first-order chi connectivity index (χ1) is 14.1. The summed E-state index contributed by atoms with van der Waals surface area (Å²) in [5.41, 5.74) is 1.51. The Bertz CT molecular complexity index is 1100. The number of nitrogens with zero attached hydrogens (tertiary/aromatic N) is 1. The number of carbonyl (C=O) groups is 2. The molecule has 1 amide bonds. The van der Waals surface area contributed by atoms with Crippen molar-refractivity contribution in [3.63, 3.8) is 0 Å². The number of hydrogen-bond donors (Lipinski definition) is 1. The van der Waals surface area contributed by atoms with Crippen LogP contribution < -0.4 is 5.32 Å². The minimum Gasteiger partial charge on any atom is -0.452 e. The predicted octanol–water partition coefficient (Wildman–Crippen LogP) is 5.11. The summed E-state index contributed by atoms with van der Waals surface area (Å²) >= 11 is 3.46. The number of nitriles is 1. The third-order valence-electron chi connectivity index (χ3n) is 3.78. The Kier molecular flexibility index (Phi) is 7.27. The predicted molar refractivity (Wildman–Crippen MR) is 120 cm³/mol. The Hall–Kier alpha value is -2.83. The zero-order chi connectivity index (χ0) is 20.6. The Morgan fingerprint density at radius 1 is 1.00 bits per heavy atom. The normalized spacial score (nSPS) is 10.1. The molecule has 3 rings (SSSR count). The zero-order valence-corrected chi connectivity index (χ0v) is 18.1. The van der Waals surface area contributed by atoms with E-state index in [1.165, 1.54) is 11.8 Å². The monoisotopic (exact) mass is 514 g/mol. The summed E-state index contributed by atoms with van der Waals surface area (Å²) in [5, 5.41) is 12.0. The lowest BCUT2D eigenvalue weighted by Gasteiger charge is -2.10. The number of amides is 1. The van der Waals surface area contributed by atoms with Crippen LogP contribution in [0.15, 0.2) is 82.6 Å². The zero-order valence-electron chi connectivity index (χ0n) is 15.1. The van der Waals surface area contributed by atoms with E-state index in [-0.39, 0.29) is 0 Å². The number of hydrogen-bond acceptors (Lipinski definition) is 5. The van der Waals surface area contributed by atoms with Crippen LogP contribution in [-0.2, 0) is 9.53 Å². The topological polar surface area (TPSA) is 79.2 Å². The number of halogens is 1. The molecule has 0 atom stereocenters. The highest BCUT2D eigenvalue weighted by Crippen LogP contribution is 2.32. The second-order valence-electron chi connectivity index (χ2n) is 5.84. The van der Waals surface area contributed by atoms with Crippen molar-refractivity contribution in [2.45, 2.75) is 9.79 Å². The summed E-state index contributed by atoms with van der Waals surface area (Å²) in [6.45, 7) is -0.391. The van der Waals surface area contributed by atoms with E-state index in [2.05, 4.69) is 34.0 Å². The molecule has 0 aliphatic heterocycles. The van der Waals surface area contributed by atoms with E-state index in [9.17, 15) is 14.9 Å². The molecule has 144 valence electrons. The van der Waals surface area contributed by atoms with Gasteiger partial charge in [0.2, 0.25) is 0 Å². The molecule has 0 aliphatic carbocycles. The molecule has 0 saturated heterocycles. The molecule has 0 bridgehead atoms. The molecular formula is C22H15IN2O3S. The highest BCUT2D eigenvalue weighted by atomic mass is 127. The maximum absolute atomic E-state index is 12.5. The van der Waals surface area contributed by atoms with Crippen molar-refractivity contribution in [2.75, 3.05) is 11.9 Å². The van der Waals surface area contributed by atoms with E-state index in [0.29, 0.717) is 21.7 Å². The Morgan fingerprint density at radius 3 is 2.48 bits per heavy atom. The smallest absolute Gasteiger partial charge is 0.339 e. The molecule has 0 heterocycles. The molecule has 0 aromatic heterocycles. The van der Waals surface area contributed by atoms with Crippen LogP contribution in [0.2, 0.25) is 0 Å². The maximum Gasteiger partial charge on any atom is 0.339 e. The number of nitrogens with one attached hydrogen (secondary N) is 1. The Labute approximate surface area is 186 Å². The van der Waals surface area contributed by atoms with Crippen molar-refractivity contribution >= 4 is 51.9 Å². The van der Waals surface area contributed by atoms with E-state index in [1.807, 2.05) is 30.3 Å². The number of ether oxygens (including phenoxy) is 1. The maximum atomic E-state index is 12.5. The van der Waals surface area contributed by atoms with Gasteiger partial charge in [-0.3, -0.25) is 4.79 Å². The summed E-state index contributed by atoms with van der Waals surface area (Å²) < 4.78 is 6.18. The van der Waals surface area contributed by atoms with Gasteiger partial charge in [0.05, 0.1) is 11.1 Å². The summed E-state index contributed by atoms with van der Waals surface area (Å²) in [7, 11) is 0. The molecule has 0 spiro atoms. The van der Waals surface area contributed by atoms with Gasteiger partial charge < -0.3 is 10.1 Å². The molecule has 29 heavy (non-hydrogen) atoms. The van der Waals surface area contributed by atoms with E-state index in [1.54, 1.807) is 42.5 Å². The third kappa shape index (κ3) is 5.82. The molecule has 0 unspecified atom stereocenters. The van der Waals surface area contributed by atoms with Crippen molar-refractivity contribution in [1.82, 2.24) is 0 Å². The molecule has 0 aliphatic rings. The summed E-state index contributed by atoms with van der Waals surface area (Å²) in [6, 6.07) is 23.6. The Morgan fingerprint density at radius 2 is 1.72 bits per heavy atom.